The molecule has 0 heterocycles. The number of rotatable bonds is 5. The molecule has 22 heavy (non-hydrogen) atoms. The van der Waals surface area contributed by atoms with Crippen molar-refractivity contribution in [2.75, 3.05) is 5.32 Å². The molecule has 0 saturated carbocycles. The zero-order valence-electron chi connectivity index (χ0n) is 13.4. The van der Waals surface area contributed by atoms with Crippen LogP contribution in [0.4, 0.5) is 5.69 Å². The van der Waals surface area contributed by atoms with Gasteiger partial charge in [-0.05, 0) is 48.1 Å². The second kappa shape index (κ2) is 7.46. The molecule has 0 aromatic heterocycles. The van der Waals surface area contributed by atoms with Crippen LogP contribution in [0.2, 0.25) is 5.02 Å². The number of nitrogens with one attached hydrogen (secondary N) is 1. The molecule has 0 aliphatic rings. The molecule has 0 bridgehead atoms. The molecule has 0 radical (unpaired) electrons. The lowest BCUT2D eigenvalue weighted by Gasteiger charge is -2.16. The minimum Gasteiger partial charge on any atom is -0.325 e. The van der Waals surface area contributed by atoms with Gasteiger partial charge < -0.3 is 5.32 Å². The fraction of sp³-hybridized carbons (Fsp3) is 0.316. The van der Waals surface area contributed by atoms with Crippen LogP contribution in [0.25, 0.3) is 0 Å². The number of hydrogen-bond donors (Lipinski definition) is 1. The Kier molecular flexibility index (Phi) is 5.62. The summed E-state index contributed by atoms with van der Waals surface area (Å²) in [6.07, 6.45) is 2.04. The molecule has 3 heteroatoms. The van der Waals surface area contributed by atoms with Crippen molar-refractivity contribution in [3.8, 4) is 0 Å². The standard InChI is InChI=1S/C19H22ClNO/c1-4-14-10-11-17(20)16(5-2)19(14)21-18(22)12-15-9-7-6-8-13(15)3/h6-11H,4-5,12H2,1-3H3,(H,21,22). The van der Waals surface area contributed by atoms with Crippen LogP contribution in [0, 0.1) is 6.92 Å². The normalized spacial score (nSPS) is 10.5. The summed E-state index contributed by atoms with van der Waals surface area (Å²) in [5, 5.41) is 3.79. The minimum atomic E-state index is 0.000895. The van der Waals surface area contributed by atoms with Gasteiger partial charge in [0.05, 0.1) is 6.42 Å². The smallest absolute Gasteiger partial charge is 0.228 e. The zero-order chi connectivity index (χ0) is 16.1. The largest absolute Gasteiger partial charge is 0.325 e. The zero-order valence-corrected chi connectivity index (χ0v) is 14.1. The highest BCUT2D eigenvalue weighted by Gasteiger charge is 2.14. The van der Waals surface area contributed by atoms with Gasteiger partial charge in [-0.15, -0.1) is 0 Å². The van der Waals surface area contributed by atoms with Crippen molar-refractivity contribution in [2.45, 2.75) is 40.0 Å². The third-order valence-corrected chi connectivity index (χ3v) is 4.31. The van der Waals surface area contributed by atoms with E-state index in [1.165, 1.54) is 0 Å². The molecular weight excluding hydrogens is 294 g/mol. The first-order valence-corrected chi connectivity index (χ1v) is 8.09. The highest BCUT2D eigenvalue weighted by molar-refractivity contribution is 6.32. The van der Waals surface area contributed by atoms with Crippen LogP contribution in [0.5, 0.6) is 0 Å². The summed E-state index contributed by atoms with van der Waals surface area (Å²) in [6, 6.07) is 11.9. The lowest BCUT2D eigenvalue weighted by molar-refractivity contribution is -0.115. The second-order valence-electron chi connectivity index (χ2n) is 5.42. The van der Waals surface area contributed by atoms with E-state index < -0.39 is 0 Å². The van der Waals surface area contributed by atoms with Gasteiger partial charge in [0.25, 0.3) is 0 Å². The average Bonchev–Trinajstić information content (AvgIpc) is 2.50. The van der Waals surface area contributed by atoms with Crippen molar-refractivity contribution >= 4 is 23.2 Å². The Balaban J connectivity index is 2.25. The Morgan fingerprint density at radius 1 is 1.05 bits per heavy atom. The lowest BCUT2D eigenvalue weighted by atomic mass is 10.0. The van der Waals surface area contributed by atoms with Crippen LogP contribution in [0.15, 0.2) is 36.4 Å². The van der Waals surface area contributed by atoms with E-state index in [2.05, 4.69) is 19.2 Å². The second-order valence-corrected chi connectivity index (χ2v) is 5.83. The molecule has 116 valence electrons. The Morgan fingerprint density at radius 2 is 1.77 bits per heavy atom. The maximum atomic E-state index is 12.4. The first-order valence-electron chi connectivity index (χ1n) is 7.71. The fourth-order valence-electron chi connectivity index (χ4n) is 2.63. The lowest BCUT2D eigenvalue weighted by Crippen LogP contribution is -2.17. The summed E-state index contributed by atoms with van der Waals surface area (Å²) in [5.74, 6) is 0.000895. The molecule has 0 atom stereocenters. The number of benzene rings is 2. The van der Waals surface area contributed by atoms with Crippen molar-refractivity contribution in [3.05, 3.63) is 63.7 Å². The Bertz CT molecular complexity index is 679. The van der Waals surface area contributed by atoms with Gasteiger partial charge in [0, 0.05) is 10.7 Å². The Morgan fingerprint density at radius 3 is 2.41 bits per heavy atom. The molecule has 2 aromatic rings. The summed E-state index contributed by atoms with van der Waals surface area (Å²) in [7, 11) is 0. The monoisotopic (exact) mass is 315 g/mol. The first-order chi connectivity index (χ1) is 10.6. The number of anilines is 1. The fourth-order valence-corrected chi connectivity index (χ4v) is 2.92. The van der Waals surface area contributed by atoms with E-state index in [1.54, 1.807) is 0 Å². The summed E-state index contributed by atoms with van der Waals surface area (Å²) < 4.78 is 0. The number of hydrogen-bond acceptors (Lipinski definition) is 1. The summed E-state index contributed by atoms with van der Waals surface area (Å²) in [5.41, 5.74) is 5.21. The van der Waals surface area contributed by atoms with Gasteiger partial charge >= 0.3 is 0 Å². The van der Waals surface area contributed by atoms with Crippen molar-refractivity contribution in [2.24, 2.45) is 0 Å². The van der Waals surface area contributed by atoms with Gasteiger partial charge in [-0.3, -0.25) is 4.79 Å². The minimum absolute atomic E-state index is 0.000895. The highest BCUT2D eigenvalue weighted by atomic mass is 35.5. The van der Waals surface area contributed by atoms with Gasteiger partial charge in [-0.1, -0.05) is 55.8 Å². The molecule has 0 fully saturated rings. The number of carbonyl (C=O) groups excluding carboxylic acids is 1. The van der Waals surface area contributed by atoms with Crippen LogP contribution in [0.3, 0.4) is 0 Å². The van der Waals surface area contributed by atoms with E-state index in [0.717, 1.165) is 40.8 Å². The molecule has 0 unspecified atom stereocenters. The Hall–Kier alpha value is -1.80. The number of carbonyl (C=O) groups is 1. The van der Waals surface area contributed by atoms with Crippen molar-refractivity contribution in [3.63, 3.8) is 0 Å². The van der Waals surface area contributed by atoms with E-state index in [4.69, 9.17) is 11.6 Å². The molecule has 1 N–H and O–H groups in total. The van der Waals surface area contributed by atoms with Crippen molar-refractivity contribution < 1.29 is 4.79 Å². The van der Waals surface area contributed by atoms with Gasteiger partial charge in [0.15, 0.2) is 0 Å². The summed E-state index contributed by atoms with van der Waals surface area (Å²) >= 11 is 6.28. The summed E-state index contributed by atoms with van der Waals surface area (Å²) in [6.45, 7) is 6.16. The number of halogens is 1. The van der Waals surface area contributed by atoms with Crippen LogP contribution in [0.1, 0.15) is 36.1 Å². The van der Waals surface area contributed by atoms with Crippen LogP contribution < -0.4 is 5.32 Å². The van der Waals surface area contributed by atoms with E-state index in [9.17, 15) is 4.79 Å². The molecule has 1 amide bonds. The SMILES string of the molecule is CCc1ccc(Cl)c(CC)c1NC(=O)Cc1ccccc1C. The van der Waals surface area contributed by atoms with Gasteiger partial charge in [-0.2, -0.15) is 0 Å². The molecule has 2 nitrogen and oxygen atoms in total. The van der Waals surface area contributed by atoms with Crippen LogP contribution in [-0.4, -0.2) is 5.91 Å². The highest BCUT2D eigenvalue weighted by Crippen LogP contribution is 2.29. The maximum Gasteiger partial charge on any atom is 0.228 e. The van der Waals surface area contributed by atoms with Crippen molar-refractivity contribution in [1.29, 1.82) is 0 Å². The predicted molar refractivity (Wildman–Crippen MR) is 93.7 cm³/mol. The summed E-state index contributed by atoms with van der Waals surface area (Å²) in [4.78, 5) is 12.4. The first kappa shape index (κ1) is 16.6. The molecule has 0 aliphatic heterocycles. The molecule has 0 spiro atoms. The van der Waals surface area contributed by atoms with Crippen molar-refractivity contribution in [1.82, 2.24) is 0 Å². The van der Waals surface area contributed by atoms with Gasteiger partial charge in [-0.25, -0.2) is 0 Å². The number of aryl methyl sites for hydroxylation is 2. The van der Waals surface area contributed by atoms with E-state index in [-0.39, 0.29) is 5.91 Å². The van der Waals surface area contributed by atoms with Crippen LogP contribution in [-0.2, 0) is 24.1 Å². The molecule has 2 aromatic carbocycles. The third-order valence-electron chi connectivity index (χ3n) is 3.95. The van der Waals surface area contributed by atoms with Crippen LogP contribution >= 0.6 is 11.6 Å². The number of amides is 1. The maximum absolute atomic E-state index is 12.4. The van der Waals surface area contributed by atoms with Gasteiger partial charge in [0.1, 0.15) is 0 Å². The topological polar surface area (TPSA) is 29.1 Å². The molecule has 0 aliphatic carbocycles. The predicted octanol–water partition coefficient (Wildman–Crippen LogP) is 4.95. The van der Waals surface area contributed by atoms with E-state index in [1.807, 2.05) is 43.3 Å². The van der Waals surface area contributed by atoms with E-state index >= 15 is 0 Å². The molecule has 0 saturated heterocycles. The van der Waals surface area contributed by atoms with E-state index in [0.29, 0.717) is 11.4 Å². The Labute approximate surface area is 137 Å². The quantitative estimate of drug-likeness (QED) is 0.830. The van der Waals surface area contributed by atoms with Gasteiger partial charge in [0.2, 0.25) is 5.91 Å². The average molecular weight is 316 g/mol. The molecule has 2 rings (SSSR count). The third kappa shape index (κ3) is 3.69. The molecular formula is C19H22ClNO.